The molecular weight excluding hydrogens is 292 g/mol. The minimum absolute atomic E-state index is 0.932. The van der Waals surface area contributed by atoms with Crippen molar-refractivity contribution in [2.75, 3.05) is 7.11 Å². The zero-order valence-electron chi connectivity index (χ0n) is 16.5. The smallest absolute Gasteiger partial charge is 0.118 e. The molecule has 1 aromatic carbocycles. The lowest BCUT2D eigenvalue weighted by atomic mass is 9.86. The van der Waals surface area contributed by atoms with Crippen LogP contribution in [0, 0.1) is 0 Å². The van der Waals surface area contributed by atoms with E-state index in [0.29, 0.717) is 0 Å². The molecule has 0 fully saturated rings. The lowest BCUT2D eigenvalue weighted by molar-refractivity contribution is 0.415. The van der Waals surface area contributed by atoms with E-state index in [9.17, 15) is 0 Å². The lowest BCUT2D eigenvalue weighted by Crippen LogP contribution is -1.98. The van der Waals surface area contributed by atoms with Crippen LogP contribution in [-0.4, -0.2) is 7.11 Å². The third-order valence-electron chi connectivity index (χ3n) is 4.39. The zero-order chi connectivity index (χ0) is 17.8. The molecule has 0 aliphatic heterocycles. The van der Waals surface area contributed by atoms with Crippen LogP contribution >= 0.6 is 0 Å². The van der Waals surface area contributed by atoms with Gasteiger partial charge in [0, 0.05) is 0 Å². The summed E-state index contributed by atoms with van der Waals surface area (Å²) in [7, 11) is 1.73. The number of ether oxygens (including phenoxy) is 1. The third kappa shape index (κ3) is 6.19. The predicted octanol–water partition coefficient (Wildman–Crippen LogP) is 7.58. The number of methoxy groups -OCH3 is 1. The molecular formula is C23H36O. The Labute approximate surface area is 149 Å². The molecule has 0 amide bonds. The third-order valence-corrected chi connectivity index (χ3v) is 4.39. The number of hydrogen-bond acceptors (Lipinski definition) is 1. The summed E-state index contributed by atoms with van der Waals surface area (Å²) in [4.78, 5) is 0. The molecule has 1 nitrogen and oxygen atoms in total. The SMILES string of the molecule is CCCC=C(CCC)C(CCC)=C(CCC)c1ccc(OC)cc1. The van der Waals surface area contributed by atoms with Crippen LogP contribution < -0.4 is 4.74 Å². The fourth-order valence-electron chi connectivity index (χ4n) is 3.23. The minimum Gasteiger partial charge on any atom is -0.497 e. The first kappa shape index (κ1) is 20.5. The molecule has 134 valence electrons. The lowest BCUT2D eigenvalue weighted by Gasteiger charge is -2.19. The quantitative estimate of drug-likeness (QED) is 0.380. The monoisotopic (exact) mass is 328 g/mol. The molecule has 0 bridgehead atoms. The van der Waals surface area contributed by atoms with Crippen LogP contribution in [0.1, 0.15) is 84.6 Å². The van der Waals surface area contributed by atoms with Crippen LogP contribution in [0.4, 0.5) is 0 Å². The van der Waals surface area contributed by atoms with Crippen molar-refractivity contribution < 1.29 is 4.74 Å². The second-order valence-electron chi connectivity index (χ2n) is 6.45. The van der Waals surface area contributed by atoms with Crippen LogP contribution in [0.5, 0.6) is 5.75 Å². The highest BCUT2D eigenvalue weighted by Crippen LogP contribution is 2.34. The van der Waals surface area contributed by atoms with E-state index < -0.39 is 0 Å². The Hall–Kier alpha value is -1.50. The molecule has 0 saturated carbocycles. The van der Waals surface area contributed by atoms with Gasteiger partial charge in [0.25, 0.3) is 0 Å². The van der Waals surface area contributed by atoms with E-state index in [2.05, 4.69) is 58.0 Å². The van der Waals surface area contributed by atoms with E-state index in [1.807, 2.05) is 0 Å². The van der Waals surface area contributed by atoms with Crippen molar-refractivity contribution in [1.82, 2.24) is 0 Å². The summed E-state index contributed by atoms with van der Waals surface area (Å²) < 4.78 is 5.33. The average Bonchev–Trinajstić information content (AvgIpc) is 2.62. The summed E-state index contributed by atoms with van der Waals surface area (Å²) in [6.07, 6.45) is 12.0. The highest BCUT2D eigenvalue weighted by atomic mass is 16.5. The molecule has 0 aliphatic carbocycles. The van der Waals surface area contributed by atoms with Gasteiger partial charge in [-0.25, -0.2) is 0 Å². The van der Waals surface area contributed by atoms with Gasteiger partial charge in [0.2, 0.25) is 0 Å². The standard InChI is InChI=1S/C23H36O/c1-6-10-14-19(11-7-2)22(12-8-3)23(13-9-4)20-15-17-21(24-5)18-16-20/h14-18H,6-13H2,1-5H3. The van der Waals surface area contributed by atoms with Gasteiger partial charge in [-0.2, -0.15) is 0 Å². The Morgan fingerprint density at radius 1 is 0.833 bits per heavy atom. The normalized spacial score (nSPS) is 13.0. The van der Waals surface area contributed by atoms with E-state index in [1.165, 1.54) is 56.1 Å². The van der Waals surface area contributed by atoms with E-state index in [-0.39, 0.29) is 0 Å². The summed E-state index contributed by atoms with van der Waals surface area (Å²) in [5, 5.41) is 0. The van der Waals surface area contributed by atoms with Gasteiger partial charge in [-0.1, -0.05) is 71.6 Å². The zero-order valence-corrected chi connectivity index (χ0v) is 16.5. The maximum atomic E-state index is 5.33. The van der Waals surface area contributed by atoms with E-state index in [1.54, 1.807) is 18.3 Å². The van der Waals surface area contributed by atoms with Crippen LogP contribution in [0.25, 0.3) is 5.57 Å². The molecule has 0 N–H and O–H groups in total. The topological polar surface area (TPSA) is 9.23 Å². The Bertz CT molecular complexity index is 519. The number of allylic oxidation sites excluding steroid dienone is 4. The van der Waals surface area contributed by atoms with Gasteiger partial charge < -0.3 is 4.74 Å². The first-order valence-electron chi connectivity index (χ1n) is 9.77. The largest absolute Gasteiger partial charge is 0.497 e. The molecule has 0 heterocycles. The molecule has 0 unspecified atom stereocenters. The molecule has 0 spiro atoms. The fraction of sp³-hybridized carbons (Fsp3) is 0.565. The number of hydrogen-bond donors (Lipinski definition) is 0. The van der Waals surface area contributed by atoms with Crippen molar-refractivity contribution in [2.45, 2.75) is 79.1 Å². The first-order chi connectivity index (χ1) is 11.7. The van der Waals surface area contributed by atoms with Crippen molar-refractivity contribution in [3.63, 3.8) is 0 Å². The summed E-state index contributed by atoms with van der Waals surface area (Å²) in [6, 6.07) is 8.62. The van der Waals surface area contributed by atoms with Gasteiger partial charge >= 0.3 is 0 Å². The van der Waals surface area contributed by atoms with Crippen LogP contribution in [0.2, 0.25) is 0 Å². The van der Waals surface area contributed by atoms with Gasteiger partial charge in [0.1, 0.15) is 5.75 Å². The van der Waals surface area contributed by atoms with E-state index in [0.717, 1.165) is 12.2 Å². The molecule has 1 aromatic rings. The van der Waals surface area contributed by atoms with Gasteiger partial charge in [0.15, 0.2) is 0 Å². The Balaban J connectivity index is 3.38. The van der Waals surface area contributed by atoms with Crippen LogP contribution in [0.15, 0.2) is 41.5 Å². The van der Waals surface area contributed by atoms with Gasteiger partial charge in [-0.15, -0.1) is 0 Å². The molecule has 24 heavy (non-hydrogen) atoms. The molecule has 1 rings (SSSR count). The summed E-state index contributed by atoms with van der Waals surface area (Å²) in [6.45, 7) is 9.12. The van der Waals surface area contributed by atoms with Crippen molar-refractivity contribution in [3.8, 4) is 5.75 Å². The number of benzene rings is 1. The maximum absolute atomic E-state index is 5.33. The molecule has 0 radical (unpaired) electrons. The maximum Gasteiger partial charge on any atom is 0.118 e. The van der Waals surface area contributed by atoms with Crippen molar-refractivity contribution in [2.24, 2.45) is 0 Å². The Morgan fingerprint density at radius 3 is 1.96 bits per heavy atom. The van der Waals surface area contributed by atoms with E-state index in [4.69, 9.17) is 4.74 Å². The molecule has 0 saturated heterocycles. The van der Waals surface area contributed by atoms with Gasteiger partial charge in [0.05, 0.1) is 7.11 Å². The van der Waals surface area contributed by atoms with Gasteiger partial charge in [-0.3, -0.25) is 0 Å². The Morgan fingerprint density at radius 2 is 1.46 bits per heavy atom. The predicted molar refractivity (Wildman–Crippen MR) is 108 cm³/mol. The first-order valence-corrected chi connectivity index (χ1v) is 9.77. The van der Waals surface area contributed by atoms with Crippen molar-refractivity contribution in [1.29, 1.82) is 0 Å². The second kappa shape index (κ2) is 11.9. The van der Waals surface area contributed by atoms with Crippen molar-refractivity contribution >= 4 is 5.57 Å². The van der Waals surface area contributed by atoms with Crippen LogP contribution in [0.3, 0.4) is 0 Å². The van der Waals surface area contributed by atoms with Gasteiger partial charge in [-0.05, 0) is 60.1 Å². The number of rotatable bonds is 11. The Kier molecular flexibility index (Phi) is 10.2. The summed E-state index contributed by atoms with van der Waals surface area (Å²) in [5.74, 6) is 0.932. The second-order valence-corrected chi connectivity index (χ2v) is 6.45. The van der Waals surface area contributed by atoms with E-state index >= 15 is 0 Å². The highest BCUT2D eigenvalue weighted by molar-refractivity contribution is 5.73. The van der Waals surface area contributed by atoms with Crippen LogP contribution in [-0.2, 0) is 0 Å². The molecule has 0 aliphatic rings. The molecule has 1 heteroatoms. The number of unbranched alkanes of at least 4 members (excludes halogenated alkanes) is 1. The minimum atomic E-state index is 0.932. The average molecular weight is 329 g/mol. The fourth-order valence-corrected chi connectivity index (χ4v) is 3.23. The molecule has 0 aromatic heterocycles. The molecule has 0 atom stereocenters. The summed E-state index contributed by atoms with van der Waals surface area (Å²) in [5.41, 5.74) is 6.08. The summed E-state index contributed by atoms with van der Waals surface area (Å²) >= 11 is 0. The van der Waals surface area contributed by atoms with Crippen molar-refractivity contribution in [3.05, 3.63) is 47.1 Å². The highest BCUT2D eigenvalue weighted by Gasteiger charge is 2.12.